The first-order valence-corrected chi connectivity index (χ1v) is 10.2. The average Bonchev–Trinajstić information content (AvgIpc) is 3.45. The number of aromatic amines is 2. The summed E-state index contributed by atoms with van der Waals surface area (Å²) in [6, 6.07) is 1.87. The molecule has 0 atom stereocenters. The first kappa shape index (κ1) is 17.9. The van der Waals surface area contributed by atoms with Crippen molar-refractivity contribution in [3.63, 3.8) is 0 Å². The molecule has 154 valence electrons. The van der Waals surface area contributed by atoms with Crippen molar-refractivity contribution in [1.82, 2.24) is 40.1 Å². The quantitative estimate of drug-likeness (QED) is 0.464. The Hall–Kier alpha value is -3.95. The van der Waals surface area contributed by atoms with Gasteiger partial charge in [0.05, 0.1) is 22.6 Å². The maximum Gasteiger partial charge on any atom is 0.161 e. The van der Waals surface area contributed by atoms with Gasteiger partial charge >= 0.3 is 0 Å². The van der Waals surface area contributed by atoms with Crippen molar-refractivity contribution in [3.05, 3.63) is 43.0 Å². The molecule has 6 heterocycles. The number of hydrogen-bond acceptors (Lipinski definition) is 7. The number of rotatable bonds is 3. The second-order valence-corrected chi connectivity index (χ2v) is 7.57. The smallest absolute Gasteiger partial charge is 0.161 e. The molecule has 0 bridgehead atoms. The second-order valence-electron chi connectivity index (χ2n) is 7.57. The molecule has 5 aromatic heterocycles. The van der Waals surface area contributed by atoms with Crippen LogP contribution in [0.25, 0.3) is 44.7 Å². The van der Waals surface area contributed by atoms with E-state index in [2.05, 4.69) is 40.0 Å². The summed E-state index contributed by atoms with van der Waals surface area (Å²) in [4.78, 5) is 27.0. The fourth-order valence-corrected chi connectivity index (χ4v) is 4.14. The van der Waals surface area contributed by atoms with Crippen molar-refractivity contribution in [3.8, 4) is 22.8 Å². The first-order valence-electron chi connectivity index (χ1n) is 10.2. The summed E-state index contributed by atoms with van der Waals surface area (Å²) >= 11 is 0. The molecule has 31 heavy (non-hydrogen) atoms. The van der Waals surface area contributed by atoms with Gasteiger partial charge in [0.2, 0.25) is 0 Å². The highest BCUT2D eigenvalue weighted by molar-refractivity contribution is 5.96. The molecule has 0 amide bonds. The summed E-state index contributed by atoms with van der Waals surface area (Å²) in [6.45, 7) is 1.92. The van der Waals surface area contributed by atoms with E-state index >= 15 is 4.39 Å². The van der Waals surface area contributed by atoms with Crippen molar-refractivity contribution in [1.29, 1.82) is 0 Å². The standard InChI is InChI=1S/C21H18FN9/c22-16-15-14(10-26-17(16)12-8-23-11-24-9-12)29-30-19(15)20-27-13-4-5-25-21(18(13)28-20)31-6-2-1-3-7-31/h4-5,8-11H,1-3,6-7H2,(H,27,28)(H,29,30). The molecule has 1 aliphatic rings. The van der Waals surface area contributed by atoms with Crippen molar-refractivity contribution in [2.75, 3.05) is 18.0 Å². The lowest BCUT2D eigenvalue weighted by molar-refractivity contribution is 0.574. The highest BCUT2D eigenvalue weighted by Gasteiger charge is 2.22. The zero-order chi connectivity index (χ0) is 20.8. The van der Waals surface area contributed by atoms with E-state index in [1.807, 2.05) is 6.07 Å². The molecule has 1 fully saturated rings. The van der Waals surface area contributed by atoms with Gasteiger partial charge in [-0.05, 0) is 25.3 Å². The molecule has 6 rings (SSSR count). The third-order valence-corrected chi connectivity index (χ3v) is 5.64. The summed E-state index contributed by atoms with van der Waals surface area (Å²) in [6.07, 6.45) is 11.3. The predicted molar refractivity (Wildman–Crippen MR) is 114 cm³/mol. The normalized spacial score (nSPS) is 14.5. The Morgan fingerprint density at radius 2 is 1.77 bits per heavy atom. The largest absolute Gasteiger partial charge is 0.355 e. The van der Waals surface area contributed by atoms with Gasteiger partial charge in [-0.3, -0.25) is 10.1 Å². The third kappa shape index (κ3) is 2.90. The van der Waals surface area contributed by atoms with Crippen LogP contribution >= 0.6 is 0 Å². The van der Waals surface area contributed by atoms with E-state index in [1.165, 1.54) is 25.1 Å². The highest BCUT2D eigenvalue weighted by Crippen LogP contribution is 2.33. The lowest BCUT2D eigenvalue weighted by Crippen LogP contribution is -2.30. The minimum atomic E-state index is -0.495. The minimum absolute atomic E-state index is 0.169. The molecule has 0 unspecified atom stereocenters. The van der Waals surface area contributed by atoms with Crippen LogP contribution in [0.1, 0.15) is 19.3 Å². The molecular formula is C21H18FN9. The SMILES string of the molecule is Fc1c(-c2cncnc2)ncc2[nH]nc(-c3nc4c(N5CCCCC5)nccc4[nH]3)c12. The average molecular weight is 415 g/mol. The van der Waals surface area contributed by atoms with E-state index in [4.69, 9.17) is 4.98 Å². The highest BCUT2D eigenvalue weighted by atomic mass is 19.1. The number of H-pyrrole nitrogens is 2. The Labute approximate surface area is 175 Å². The number of nitrogens with one attached hydrogen (secondary N) is 2. The van der Waals surface area contributed by atoms with Crippen LogP contribution in [0.3, 0.4) is 0 Å². The van der Waals surface area contributed by atoms with E-state index in [-0.39, 0.29) is 5.69 Å². The van der Waals surface area contributed by atoms with E-state index in [1.54, 1.807) is 12.4 Å². The molecule has 9 nitrogen and oxygen atoms in total. The molecule has 0 aromatic carbocycles. The van der Waals surface area contributed by atoms with E-state index in [0.29, 0.717) is 28.0 Å². The number of aromatic nitrogens is 8. The fraction of sp³-hybridized carbons (Fsp3) is 0.238. The number of nitrogens with zero attached hydrogens (tertiary/aromatic N) is 7. The molecule has 2 N–H and O–H groups in total. The van der Waals surface area contributed by atoms with Crippen molar-refractivity contribution in [2.45, 2.75) is 19.3 Å². The van der Waals surface area contributed by atoms with Gasteiger partial charge in [-0.25, -0.2) is 24.3 Å². The summed E-state index contributed by atoms with van der Waals surface area (Å²) < 4.78 is 15.5. The van der Waals surface area contributed by atoms with Gasteiger partial charge in [-0.1, -0.05) is 0 Å². The number of piperidine rings is 1. The molecule has 0 saturated carbocycles. The van der Waals surface area contributed by atoms with Crippen LogP contribution in [-0.2, 0) is 0 Å². The van der Waals surface area contributed by atoms with Crippen LogP contribution in [-0.4, -0.2) is 53.2 Å². The van der Waals surface area contributed by atoms with Gasteiger partial charge in [-0.15, -0.1) is 0 Å². The zero-order valence-electron chi connectivity index (χ0n) is 16.5. The van der Waals surface area contributed by atoms with Crippen LogP contribution in [0.2, 0.25) is 0 Å². The van der Waals surface area contributed by atoms with Crippen LogP contribution in [0.15, 0.2) is 37.2 Å². The third-order valence-electron chi connectivity index (χ3n) is 5.64. The van der Waals surface area contributed by atoms with Gasteiger partial charge in [0.1, 0.15) is 23.2 Å². The minimum Gasteiger partial charge on any atom is -0.355 e. The van der Waals surface area contributed by atoms with Crippen molar-refractivity contribution >= 4 is 27.8 Å². The lowest BCUT2D eigenvalue weighted by Gasteiger charge is -2.27. The number of halogens is 1. The zero-order valence-corrected chi connectivity index (χ0v) is 16.5. The first-order chi connectivity index (χ1) is 15.3. The Morgan fingerprint density at radius 1 is 0.935 bits per heavy atom. The second kappa shape index (κ2) is 7.08. The van der Waals surface area contributed by atoms with Crippen LogP contribution in [0.5, 0.6) is 0 Å². The number of hydrogen-bond donors (Lipinski definition) is 2. The molecule has 0 radical (unpaired) electrons. The number of imidazole rings is 1. The molecule has 5 aromatic rings. The summed E-state index contributed by atoms with van der Waals surface area (Å²) in [5, 5.41) is 7.51. The van der Waals surface area contributed by atoms with Crippen LogP contribution in [0.4, 0.5) is 10.2 Å². The Kier molecular flexibility index (Phi) is 4.08. The monoisotopic (exact) mass is 415 g/mol. The van der Waals surface area contributed by atoms with E-state index in [9.17, 15) is 0 Å². The lowest BCUT2D eigenvalue weighted by atomic mass is 10.1. The Morgan fingerprint density at radius 3 is 2.61 bits per heavy atom. The maximum atomic E-state index is 15.5. The number of fused-ring (bicyclic) bond motifs is 2. The van der Waals surface area contributed by atoms with E-state index < -0.39 is 5.82 Å². The predicted octanol–water partition coefficient (Wildman–Crippen LogP) is 3.48. The van der Waals surface area contributed by atoms with Crippen molar-refractivity contribution in [2.24, 2.45) is 0 Å². The van der Waals surface area contributed by atoms with Gasteiger partial charge in [0.15, 0.2) is 17.5 Å². The van der Waals surface area contributed by atoms with Gasteiger partial charge in [0.25, 0.3) is 0 Å². The van der Waals surface area contributed by atoms with E-state index in [0.717, 1.165) is 42.8 Å². The molecule has 10 heteroatoms. The summed E-state index contributed by atoms with van der Waals surface area (Å²) in [5.41, 5.74) is 3.16. The Bertz CT molecular complexity index is 1390. The molecule has 0 spiro atoms. The van der Waals surface area contributed by atoms with Crippen molar-refractivity contribution < 1.29 is 4.39 Å². The Balaban J connectivity index is 1.51. The van der Waals surface area contributed by atoms with Gasteiger partial charge in [-0.2, -0.15) is 5.10 Å². The number of anilines is 1. The fourth-order valence-electron chi connectivity index (χ4n) is 4.14. The molecule has 0 aliphatic carbocycles. The summed E-state index contributed by atoms with van der Waals surface area (Å²) in [5.74, 6) is 0.836. The maximum absolute atomic E-state index is 15.5. The van der Waals surface area contributed by atoms with Gasteiger partial charge < -0.3 is 9.88 Å². The number of pyridine rings is 2. The summed E-state index contributed by atoms with van der Waals surface area (Å²) in [7, 11) is 0. The topological polar surface area (TPSA) is 112 Å². The van der Waals surface area contributed by atoms with Crippen LogP contribution in [0, 0.1) is 5.82 Å². The molecule has 1 saturated heterocycles. The van der Waals surface area contributed by atoms with Crippen LogP contribution < -0.4 is 4.90 Å². The molecule has 1 aliphatic heterocycles. The molecular weight excluding hydrogens is 397 g/mol. The van der Waals surface area contributed by atoms with Gasteiger partial charge in [0, 0.05) is 37.2 Å².